The van der Waals surface area contributed by atoms with E-state index < -0.39 is 18.0 Å². The van der Waals surface area contributed by atoms with Gasteiger partial charge in [0.25, 0.3) is 0 Å². The Balaban J connectivity index is 2.03. The van der Waals surface area contributed by atoms with Gasteiger partial charge in [0.05, 0.1) is 0 Å². The van der Waals surface area contributed by atoms with E-state index >= 15 is 0 Å². The van der Waals surface area contributed by atoms with Crippen LogP contribution in [0.25, 0.3) is 0 Å². The number of nitrogens with one attached hydrogen (secondary N) is 1. The zero-order valence-corrected chi connectivity index (χ0v) is 9.63. The topological polar surface area (TPSA) is 30.5 Å². The van der Waals surface area contributed by atoms with Crippen molar-refractivity contribution in [1.29, 1.82) is 0 Å². The van der Waals surface area contributed by atoms with Crippen LogP contribution < -0.4 is 5.32 Å². The Labute approximate surface area is 99.2 Å². The van der Waals surface area contributed by atoms with Gasteiger partial charge in [0.2, 0.25) is 0 Å². The van der Waals surface area contributed by atoms with Crippen LogP contribution in [0, 0.1) is 11.6 Å². The summed E-state index contributed by atoms with van der Waals surface area (Å²) in [5.41, 5.74) is -0.0534. The molecule has 0 aromatic heterocycles. The van der Waals surface area contributed by atoms with Crippen molar-refractivity contribution in [2.75, 3.05) is 0 Å². The molecule has 0 bridgehead atoms. The highest BCUT2D eigenvalue weighted by Crippen LogP contribution is 2.19. The summed E-state index contributed by atoms with van der Waals surface area (Å²) in [4.78, 5) is 0. The first kappa shape index (κ1) is 11.3. The van der Waals surface area contributed by atoms with E-state index in [1.807, 2.05) is 0 Å². The SMILES string of the molecule is Fc1cc(Br)cc(F)c1CNC1OC=CO1. The van der Waals surface area contributed by atoms with Crippen LogP contribution in [0.5, 0.6) is 0 Å². The molecule has 1 N–H and O–H groups in total. The van der Waals surface area contributed by atoms with E-state index in [1.54, 1.807) is 0 Å². The van der Waals surface area contributed by atoms with E-state index in [0.717, 1.165) is 0 Å². The molecule has 1 aliphatic heterocycles. The van der Waals surface area contributed by atoms with Crippen molar-refractivity contribution in [1.82, 2.24) is 5.32 Å². The van der Waals surface area contributed by atoms with E-state index in [0.29, 0.717) is 4.47 Å². The predicted molar refractivity (Wildman–Crippen MR) is 56.0 cm³/mol. The fourth-order valence-corrected chi connectivity index (χ4v) is 1.66. The Bertz CT molecular complexity index is 394. The quantitative estimate of drug-likeness (QED) is 0.929. The highest BCUT2D eigenvalue weighted by Gasteiger charge is 2.15. The summed E-state index contributed by atoms with van der Waals surface area (Å²) < 4.78 is 36.9. The first-order chi connectivity index (χ1) is 7.66. The zero-order chi connectivity index (χ0) is 11.5. The van der Waals surface area contributed by atoms with Gasteiger partial charge in [-0.2, -0.15) is 0 Å². The summed E-state index contributed by atoms with van der Waals surface area (Å²) in [6, 6.07) is 2.41. The molecule has 2 rings (SSSR count). The summed E-state index contributed by atoms with van der Waals surface area (Å²) >= 11 is 3.00. The van der Waals surface area contributed by atoms with Crippen LogP contribution in [0.3, 0.4) is 0 Å². The maximum Gasteiger partial charge on any atom is 0.301 e. The van der Waals surface area contributed by atoms with Crippen molar-refractivity contribution in [3.8, 4) is 0 Å². The Kier molecular flexibility index (Phi) is 3.40. The van der Waals surface area contributed by atoms with Crippen molar-refractivity contribution in [2.24, 2.45) is 0 Å². The molecule has 3 nitrogen and oxygen atoms in total. The minimum Gasteiger partial charge on any atom is -0.446 e. The molecular formula is C10H8BrF2NO2. The maximum absolute atomic E-state index is 13.4. The molecular weight excluding hydrogens is 284 g/mol. The number of ether oxygens (including phenoxy) is 2. The van der Waals surface area contributed by atoms with Crippen LogP contribution in [0.2, 0.25) is 0 Å². The average molecular weight is 292 g/mol. The lowest BCUT2D eigenvalue weighted by Gasteiger charge is -2.12. The van der Waals surface area contributed by atoms with E-state index in [2.05, 4.69) is 21.2 Å². The smallest absolute Gasteiger partial charge is 0.301 e. The van der Waals surface area contributed by atoms with Crippen molar-refractivity contribution < 1.29 is 18.3 Å². The zero-order valence-electron chi connectivity index (χ0n) is 8.04. The second-order valence-electron chi connectivity index (χ2n) is 3.11. The van der Waals surface area contributed by atoms with Crippen LogP contribution in [0.4, 0.5) is 8.78 Å². The molecule has 1 aromatic rings. The molecule has 0 radical (unpaired) electrons. The van der Waals surface area contributed by atoms with E-state index in [9.17, 15) is 8.78 Å². The second kappa shape index (κ2) is 4.80. The Morgan fingerprint density at radius 1 is 1.19 bits per heavy atom. The molecule has 0 amide bonds. The highest BCUT2D eigenvalue weighted by molar-refractivity contribution is 9.10. The van der Waals surface area contributed by atoms with Crippen molar-refractivity contribution in [3.05, 3.63) is 46.3 Å². The van der Waals surface area contributed by atoms with E-state index in [1.165, 1.54) is 24.7 Å². The van der Waals surface area contributed by atoms with E-state index in [4.69, 9.17) is 9.47 Å². The molecule has 0 aliphatic carbocycles. The molecule has 0 saturated carbocycles. The van der Waals surface area contributed by atoms with Crippen LogP contribution in [0.15, 0.2) is 29.1 Å². The van der Waals surface area contributed by atoms with Crippen molar-refractivity contribution >= 4 is 15.9 Å². The van der Waals surface area contributed by atoms with E-state index in [-0.39, 0.29) is 12.1 Å². The molecule has 0 spiro atoms. The first-order valence-electron chi connectivity index (χ1n) is 4.49. The number of halogens is 3. The van der Waals surface area contributed by atoms with Crippen molar-refractivity contribution in [3.63, 3.8) is 0 Å². The summed E-state index contributed by atoms with van der Waals surface area (Å²) in [5, 5.41) is 2.70. The number of rotatable bonds is 3. The molecule has 1 aromatic carbocycles. The van der Waals surface area contributed by atoms with Gasteiger partial charge in [-0.05, 0) is 12.1 Å². The monoisotopic (exact) mass is 291 g/mol. The lowest BCUT2D eigenvalue weighted by atomic mass is 10.2. The largest absolute Gasteiger partial charge is 0.446 e. The fraction of sp³-hybridized carbons (Fsp3) is 0.200. The van der Waals surface area contributed by atoms with Gasteiger partial charge >= 0.3 is 6.41 Å². The Morgan fingerprint density at radius 2 is 1.75 bits per heavy atom. The lowest BCUT2D eigenvalue weighted by Crippen LogP contribution is -2.29. The van der Waals surface area contributed by atoms with Gasteiger partial charge < -0.3 is 9.47 Å². The molecule has 1 heterocycles. The van der Waals surface area contributed by atoms with Gasteiger partial charge in [0.1, 0.15) is 24.2 Å². The molecule has 0 saturated heterocycles. The molecule has 0 fully saturated rings. The third kappa shape index (κ3) is 2.51. The molecule has 0 atom stereocenters. The Morgan fingerprint density at radius 3 is 2.31 bits per heavy atom. The maximum atomic E-state index is 13.4. The van der Waals surface area contributed by atoms with Crippen LogP contribution in [-0.2, 0) is 16.0 Å². The standard InChI is InChI=1S/C10H8BrF2NO2/c11-6-3-8(12)7(9(13)4-6)5-14-10-15-1-2-16-10/h1-4,10,14H,5H2. The average Bonchev–Trinajstić information content (AvgIpc) is 2.68. The Hall–Kier alpha value is -1.14. The van der Waals surface area contributed by atoms with Gasteiger partial charge in [-0.15, -0.1) is 0 Å². The summed E-state index contributed by atoms with van der Waals surface area (Å²) in [7, 11) is 0. The van der Waals surface area contributed by atoms with Crippen LogP contribution >= 0.6 is 15.9 Å². The predicted octanol–water partition coefficient (Wildman–Crippen LogP) is 2.62. The highest BCUT2D eigenvalue weighted by atomic mass is 79.9. The van der Waals surface area contributed by atoms with Crippen LogP contribution in [0.1, 0.15) is 5.56 Å². The second-order valence-corrected chi connectivity index (χ2v) is 4.02. The third-order valence-corrected chi connectivity index (χ3v) is 2.47. The molecule has 16 heavy (non-hydrogen) atoms. The number of benzene rings is 1. The van der Waals surface area contributed by atoms with Gasteiger partial charge in [0, 0.05) is 16.6 Å². The molecule has 86 valence electrons. The third-order valence-electron chi connectivity index (χ3n) is 2.01. The van der Waals surface area contributed by atoms with Gasteiger partial charge in [0.15, 0.2) is 0 Å². The molecule has 0 unspecified atom stereocenters. The van der Waals surface area contributed by atoms with Gasteiger partial charge in [-0.3, -0.25) is 0 Å². The number of hydrogen-bond acceptors (Lipinski definition) is 3. The lowest BCUT2D eigenvalue weighted by molar-refractivity contribution is -0.0501. The summed E-state index contributed by atoms with van der Waals surface area (Å²) in [5.74, 6) is -1.24. The summed E-state index contributed by atoms with van der Waals surface area (Å²) in [6.07, 6.45) is 2.01. The van der Waals surface area contributed by atoms with Crippen LogP contribution in [-0.4, -0.2) is 6.41 Å². The molecule has 1 aliphatic rings. The summed E-state index contributed by atoms with van der Waals surface area (Å²) in [6.45, 7) is -0.0166. The van der Waals surface area contributed by atoms with Crippen molar-refractivity contribution in [2.45, 2.75) is 13.0 Å². The number of hydrogen-bond donors (Lipinski definition) is 1. The minimum absolute atomic E-state index is 0.0166. The normalized spacial score (nSPS) is 14.9. The van der Waals surface area contributed by atoms with Gasteiger partial charge in [-0.1, -0.05) is 15.9 Å². The van der Waals surface area contributed by atoms with Gasteiger partial charge in [-0.25, -0.2) is 14.1 Å². The molecule has 6 heteroatoms. The first-order valence-corrected chi connectivity index (χ1v) is 5.29. The fourth-order valence-electron chi connectivity index (χ4n) is 1.26. The minimum atomic E-state index is -0.692.